The van der Waals surface area contributed by atoms with Crippen molar-refractivity contribution in [1.82, 2.24) is 14.9 Å². The van der Waals surface area contributed by atoms with Gasteiger partial charge in [0, 0.05) is 18.3 Å². The van der Waals surface area contributed by atoms with E-state index in [1.807, 2.05) is 12.5 Å². The molecule has 80 valence electrons. The Hall–Kier alpha value is -1.27. The summed E-state index contributed by atoms with van der Waals surface area (Å²) in [5.41, 5.74) is 1.22. The summed E-state index contributed by atoms with van der Waals surface area (Å²) in [7, 11) is 0. The van der Waals surface area contributed by atoms with Gasteiger partial charge in [-0.3, -0.25) is 0 Å². The average molecular weight is 203 g/mol. The molecule has 1 saturated heterocycles. The van der Waals surface area contributed by atoms with E-state index in [0.717, 1.165) is 0 Å². The molecule has 0 amide bonds. The highest BCUT2D eigenvalue weighted by molar-refractivity contribution is 5.08. The minimum atomic E-state index is 0.421. The summed E-state index contributed by atoms with van der Waals surface area (Å²) in [6, 6.07) is 1.02. The van der Waals surface area contributed by atoms with Crippen LogP contribution in [0.4, 0.5) is 0 Å². The van der Waals surface area contributed by atoms with Crippen molar-refractivity contribution in [3.05, 3.63) is 18.2 Å². The van der Waals surface area contributed by atoms with Crippen LogP contribution in [-0.2, 0) is 6.54 Å². The summed E-state index contributed by atoms with van der Waals surface area (Å²) in [5, 5.41) is 3.59. The molecule has 1 aliphatic heterocycles. The molecule has 0 bridgehead atoms. The SMILES string of the molecule is C#CCn1cncc1C1CCCC(C)N1. The second kappa shape index (κ2) is 4.50. The van der Waals surface area contributed by atoms with E-state index >= 15 is 0 Å². The highest BCUT2D eigenvalue weighted by atomic mass is 15.1. The maximum Gasteiger partial charge on any atom is 0.0957 e. The van der Waals surface area contributed by atoms with Gasteiger partial charge in [-0.1, -0.05) is 5.92 Å². The van der Waals surface area contributed by atoms with Gasteiger partial charge < -0.3 is 9.88 Å². The molecule has 1 aromatic rings. The maximum atomic E-state index is 5.33. The van der Waals surface area contributed by atoms with E-state index in [1.165, 1.54) is 25.0 Å². The van der Waals surface area contributed by atoms with Gasteiger partial charge in [0.2, 0.25) is 0 Å². The first-order valence-corrected chi connectivity index (χ1v) is 5.51. The molecular weight excluding hydrogens is 186 g/mol. The largest absolute Gasteiger partial charge is 0.321 e. The van der Waals surface area contributed by atoms with E-state index < -0.39 is 0 Å². The number of hydrogen-bond acceptors (Lipinski definition) is 2. The monoisotopic (exact) mass is 203 g/mol. The summed E-state index contributed by atoms with van der Waals surface area (Å²) >= 11 is 0. The van der Waals surface area contributed by atoms with E-state index in [2.05, 4.69) is 27.7 Å². The van der Waals surface area contributed by atoms with E-state index in [0.29, 0.717) is 18.6 Å². The Morgan fingerprint density at radius 1 is 1.67 bits per heavy atom. The van der Waals surface area contributed by atoms with Crippen molar-refractivity contribution in [2.75, 3.05) is 0 Å². The smallest absolute Gasteiger partial charge is 0.0957 e. The van der Waals surface area contributed by atoms with Crippen LogP contribution < -0.4 is 5.32 Å². The molecule has 2 heterocycles. The quantitative estimate of drug-likeness (QED) is 0.742. The van der Waals surface area contributed by atoms with Gasteiger partial charge in [-0.15, -0.1) is 6.42 Å². The summed E-state index contributed by atoms with van der Waals surface area (Å²) < 4.78 is 2.05. The van der Waals surface area contributed by atoms with Crippen LogP contribution in [0.25, 0.3) is 0 Å². The molecule has 2 unspecified atom stereocenters. The molecule has 15 heavy (non-hydrogen) atoms. The van der Waals surface area contributed by atoms with E-state index in [1.54, 1.807) is 0 Å². The third-order valence-electron chi connectivity index (χ3n) is 2.98. The van der Waals surface area contributed by atoms with Crippen molar-refractivity contribution in [2.24, 2.45) is 0 Å². The number of nitrogens with one attached hydrogen (secondary N) is 1. The molecule has 0 aromatic carbocycles. The Morgan fingerprint density at radius 2 is 2.53 bits per heavy atom. The van der Waals surface area contributed by atoms with E-state index in [-0.39, 0.29) is 0 Å². The zero-order valence-electron chi connectivity index (χ0n) is 9.11. The number of rotatable bonds is 2. The molecule has 2 rings (SSSR count). The summed E-state index contributed by atoms with van der Waals surface area (Å²) in [4.78, 5) is 4.17. The van der Waals surface area contributed by atoms with Crippen molar-refractivity contribution in [1.29, 1.82) is 0 Å². The number of piperidine rings is 1. The Labute approximate surface area is 90.9 Å². The van der Waals surface area contributed by atoms with Gasteiger partial charge in [0.05, 0.1) is 18.6 Å². The lowest BCUT2D eigenvalue weighted by Crippen LogP contribution is -2.35. The second-order valence-corrected chi connectivity index (χ2v) is 4.20. The third kappa shape index (κ3) is 2.21. The molecule has 1 aliphatic rings. The summed E-state index contributed by atoms with van der Waals surface area (Å²) in [6.07, 6.45) is 12.8. The average Bonchev–Trinajstić information content (AvgIpc) is 2.66. The van der Waals surface area contributed by atoms with Crippen LogP contribution in [0.5, 0.6) is 0 Å². The first-order chi connectivity index (χ1) is 7.31. The van der Waals surface area contributed by atoms with Gasteiger partial charge in [0.1, 0.15) is 0 Å². The second-order valence-electron chi connectivity index (χ2n) is 4.20. The molecule has 2 atom stereocenters. The third-order valence-corrected chi connectivity index (χ3v) is 2.98. The van der Waals surface area contributed by atoms with Crippen molar-refractivity contribution in [3.8, 4) is 12.3 Å². The van der Waals surface area contributed by atoms with Gasteiger partial charge in [-0.2, -0.15) is 0 Å². The molecule has 0 saturated carbocycles. The lowest BCUT2D eigenvalue weighted by atomic mass is 9.97. The molecule has 0 spiro atoms. The predicted octanol–water partition coefficient (Wildman–Crippen LogP) is 1.72. The predicted molar refractivity (Wildman–Crippen MR) is 60.2 cm³/mol. The van der Waals surface area contributed by atoms with Gasteiger partial charge in [0.25, 0.3) is 0 Å². The minimum absolute atomic E-state index is 0.421. The molecule has 1 fully saturated rings. The fourth-order valence-electron chi connectivity index (χ4n) is 2.22. The number of hydrogen-bond donors (Lipinski definition) is 1. The molecule has 3 heteroatoms. The molecule has 0 aliphatic carbocycles. The highest BCUT2D eigenvalue weighted by Gasteiger charge is 2.21. The van der Waals surface area contributed by atoms with Gasteiger partial charge >= 0.3 is 0 Å². The van der Waals surface area contributed by atoms with Crippen LogP contribution in [0.3, 0.4) is 0 Å². The van der Waals surface area contributed by atoms with Crippen molar-refractivity contribution < 1.29 is 0 Å². The maximum absolute atomic E-state index is 5.33. The van der Waals surface area contributed by atoms with Crippen molar-refractivity contribution >= 4 is 0 Å². The zero-order chi connectivity index (χ0) is 10.7. The van der Waals surface area contributed by atoms with Crippen LogP contribution in [0, 0.1) is 12.3 Å². The summed E-state index contributed by atoms with van der Waals surface area (Å²) in [5.74, 6) is 2.66. The Balaban J connectivity index is 2.14. The van der Waals surface area contributed by atoms with Crippen molar-refractivity contribution in [2.45, 2.75) is 44.8 Å². The molecule has 3 nitrogen and oxygen atoms in total. The molecule has 0 radical (unpaired) electrons. The fraction of sp³-hybridized carbons (Fsp3) is 0.583. The number of terminal acetylenes is 1. The van der Waals surface area contributed by atoms with E-state index in [4.69, 9.17) is 6.42 Å². The van der Waals surface area contributed by atoms with Crippen LogP contribution in [0.2, 0.25) is 0 Å². The Morgan fingerprint density at radius 3 is 3.27 bits per heavy atom. The zero-order valence-corrected chi connectivity index (χ0v) is 9.11. The topological polar surface area (TPSA) is 29.9 Å². The summed E-state index contributed by atoms with van der Waals surface area (Å²) in [6.45, 7) is 2.84. The Kier molecular flexibility index (Phi) is 3.08. The highest BCUT2D eigenvalue weighted by Crippen LogP contribution is 2.24. The number of nitrogens with zero attached hydrogens (tertiary/aromatic N) is 2. The van der Waals surface area contributed by atoms with Crippen LogP contribution >= 0.6 is 0 Å². The van der Waals surface area contributed by atoms with Crippen molar-refractivity contribution in [3.63, 3.8) is 0 Å². The number of aromatic nitrogens is 2. The van der Waals surface area contributed by atoms with E-state index in [9.17, 15) is 0 Å². The standard InChI is InChI=1S/C12H17N3/c1-3-7-15-9-13-8-12(15)11-6-4-5-10(2)14-11/h1,8-11,14H,4-7H2,2H3. The van der Waals surface area contributed by atoms with Gasteiger partial charge in [-0.05, 0) is 26.2 Å². The molecule has 1 N–H and O–H groups in total. The lowest BCUT2D eigenvalue weighted by Gasteiger charge is -2.29. The van der Waals surface area contributed by atoms with Gasteiger partial charge in [0.15, 0.2) is 0 Å². The minimum Gasteiger partial charge on any atom is -0.321 e. The van der Waals surface area contributed by atoms with Crippen LogP contribution in [0.1, 0.15) is 37.9 Å². The Bertz CT molecular complexity index is 361. The first kappa shape index (κ1) is 10.3. The normalized spacial score (nSPS) is 26.1. The lowest BCUT2D eigenvalue weighted by molar-refractivity contribution is 0.331. The molecule has 1 aromatic heterocycles. The fourth-order valence-corrected chi connectivity index (χ4v) is 2.22. The van der Waals surface area contributed by atoms with Crippen LogP contribution in [0.15, 0.2) is 12.5 Å². The first-order valence-electron chi connectivity index (χ1n) is 5.51. The van der Waals surface area contributed by atoms with Gasteiger partial charge in [-0.25, -0.2) is 4.98 Å². The number of imidazole rings is 1. The van der Waals surface area contributed by atoms with Crippen LogP contribution in [-0.4, -0.2) is 15.6 Å². The molecular formula is C12H17N3.